The van der Waals surface area contributed by atoms with E-state index in [9.17, 15) is 0 Å². The van der Waals surface area contributed by atoms with Crippen molar-refractivity contribution in [3.63, 3.8) is 0 Å². The van der Waals surface area contributed by atoms with E-state index >= 15 is 0 Å². The zero-order valence-corrected chi connectivity index (χ0v) is 8.70. The number of likely N-dealkylation sites (N-methyl/N-ethyl adjacent to an activating group) is 1. The molecule has 0 N–H and O–H groups in total. The molecule has 0 unspecified atom stereocenters. The Bertz CT molecular complexity index is 366. The van der Waals surface area contributed by atoms with E-state index in [0.717, 1.165) is 12.2 Å². The molecule has 0 aliphatic heterocycles. The van der Waals surface area contributed by atoms with Gasteiger partial charge in [-0.3, -0.25) is 0 Å². The molecule has 0 bridgehead atoms. The number of nitrogens with zero attached hydrogens (tertiary/aromatic N) is 2. The Hall–Kier alpha value is -1.46. The zero-order chi connectivity index (χ0) is 10.4. The van der Waals surface area contributed by atoms with E-state index in [-0.39, 0.29) is 0 Å². The highest BCUT2D eigenvalue weighted by atomic mass is 35.5. The molecule has 3 heteroatoms. The van der Waals surface area contributed by atoms with Crippen molar-refractivity contribution in [2.24, 2.45) is 0 Å². The normalized spacial score (nSPS) is 10.1. The van der Waals surface area contributed by atoms with Crippen molar-refractivity contribution in [2.45, 2.75) is 0 Å². The van der Waals surface area contributed by atoms with E-state index in [1.165, 1.54) is 5.54 Å². The minimum Gasteiger partial charge on any atom is -0.371 e. The van der Waals surface area contributed by atoms with Crippen LogP contribution < -0.4 is 4.90 Å². The largest absolute Gasteiger partial charge is 0.371 e. The van der Waals surface area contributed by atoms with Crippen LogP contribution in [0, 0.1) is 11.3 Å². The van der Waals surface area contributed by atoms with Gasteiger partial charge in [0.15, 0.2) is 0 Å². The number of nitriles is 1. The van der Waals surface area contributed by atoms with Gasteiger partial charge in [0, 0.05) is 24.8 Å². The highest BCUT2D eigenvalue weighted by Gasteiger charge is 1.98. The van der Waals surface area contributed by atoms with Crippen LogP contribution in [0.15, 0.2) is 35.9 Å². The van der Waals surface area contributed by atoms with Crippen LogP contribution in [0.25, 0.3) is 0 Å². The monoisotopic (exact) mass is 206 g/mol. The SMILES string of the molecule is CN(C/C=C/Cl)c1cccc(C#N)c1. The zero-order valence-electron chi connectivity index (χ0n) is 7.94. The number of benzene rings is 1. The summed E-state index contributed by atoms with van der Waals surface area (Å²) in [6.45, 7) is 0.735. The van der Waals surface area contributed by atoms with Crippen molar-refractivity contribution in [1.29, 1.82) is 5.26 Å². The van der Waals surface area contributed by atoms with Crippen LogP contribution in [-0.4, -0.2) is 13.6 Å². The molecule has 0 radical (unpaired) electrons. The van der Waals surface area contributed by atoms with Gasteiger partial charge in [-0.05, 0) is 18.2 Å². The van der Waals surface area contributed by atoms with Gasteiger partial charge < -0.3 is 4.90 Å². The third kappa shape index (κ3) is 2.79. The van der Waals surface area contributed by atoms with E-state index in [1.807, 2.05) is 36.2 Å². The maximum absolute atomic E-state index is 8.72. The standard InChI is InChI=1S/C11H11ClN2/c1-14(7-3-6-12)11-5-2-4-10(8-11)9-13/h2-6,8H,7H2,1H3/b6-3+. The number of hydrogen-bond donors (Lipinski definition) is 0. The smallest absolute Gasteiger partial charge is 0.0992 e. The van der Waals surface area contributed by atoms with Crippen LogP contribution in [0.5, 0.6) is 0 Å². The molecule has 0 saturated carbocycles. The Labute approximate surface area is 89.0 Å². The summed E-state index contributed by atoms with van der Waals surface area (Å²) in [5.41, 5.74) is 3.17. The summed E-state index contributed by atoms with van der Waals surface area (Å²) in [5.74, 6) is 0. The highest BCUT2D eigenvalue weighted by Crippen LogP contribution is 2.13. The van der Waals surface area contributed by atoms with Gasteiger partial charge in [0.25, 0.3) is 0 Å². The van der Waals surface area contributed by atoms with Crippen LogP contribution in [0.4, 0.5) is 5.69 Å². The molecule has 2 nitrogen and oxygen atoms in total. The fraction of sp³-hybridized carbons (Fsp3) is 0.182. The lowest BCUT2D eigenvalue weighted by molar-refractivity contribution is 1.03. The molecule has 1 aromatic rings. The fourth-order valence-corrected chi connectivity index (χ4v) is 1.20. The predicted octanol–water partition coefficient (Wildman–Crippen LogP) is 2.75. The molecule has 1 rings (SSSR count). The maximum atomic E-state index is 8.72. The summed E-state index contributed by atoms with van der Waals surface area (Å²) < 4.78 is 0. The first kappa shape index (κ1) is 10.6. The van der Waals surface area contributed by atoms with E-state index in [1.54, 1.807) is 6.07 Å². The van der Waals surface area contributed by atoms with Gasteiger partial charge >= 0.3 is 0 Å². The van der Waals surface area contributed by atoms with E-state index in [2.05, 4.69) is 6.07 Å². The Kier molecular flexibility index (Phi) is 4.03. The molecule has 14 heavy (non-hydrogen) atoms. The molecule has 0 aliphatic carbocycles. The average molecular weight is 207 g/mol. The highest BCUT2D eigenvalue weighted by molar-refractivity contribution is 6.25. The summed E-state index contributed by atoms with van der Waals surface area (Å²) in [6.07, 6.45) is 1.85. The first-order valence-electron chi connectivity index (χ1n) is 4.24. The molecule has 72 valence electrons. The van der Waals surface area contributed by atoms with Crippen molar-refractivity contribution in [3.05, 3.63) is 41.4 Å². The van der Waals surface area contributed by atoms with Gasteiger partial charge in [-0.1, -0.05) is 23.7 Å². The lowest BCUT2D eigenvalue weighted by Gasteiger charge is -2.16. The van der Waals surface area contributed by atoms with Crippen LogP contribution in [0.3, 0.4) is 0 Å². The van der Waals surface area contributed by atoms with Crippen molar-refractivity contribution >= 4 is 17.3 Å². The fourth-order valence-electron chi connectivity index (χ4n) is 1.12. The first-order chi connectivity index (χ1) is 6.77. The minimum absolute atomic E-state index is 0.671. The second kappa shape index (κ2) is 5.31. The first-order valence-corrected chi connectivity index (χ1v) is 4.68. The Morgan fingerprint density at radius 3 is 3.00 bits per heavy atom. The topological polar surface area (TPSA) is 27.0 Å². The quantitative estimate of drug-likeness (QED) is 0.761. The molecule has 1 aromatic carbocycles. The Morgan fingerprint density at radius 1 is 1.57 bits per heavy atom. The number of hydrogen-bond acceptors (Lipinski definition) is 2. The molecule has 0 spiro atoms. The lowest BCUT2D eigenvalue weighted by atomic mass is 10.2. The summed E-state index contributed by atoms with van der Waals surface area (Å²) in [6, 6.07) is 9.57. The summed E-state index contributed by atoms with van der Waals surface area (Å²) >= 11 is 5.43. The average Bonchev–Trinajstić information content (AvgIpc) is 2.26. The lowest BCUT2D eigenvalue weighted by Crippen LogP contribution is -2.16. The number of anilines is 1. The molecule has 0 atom stereocenters. The number of rotatable bonds is 3. The second-order valence-electron chi connectivity index (χ2n) is 2.90. The van der Waals surface area contributed by atoms with Gasteiger partial charge in [-0.25, -0.2) is 0 Å². The predicted molar refractivity (Wildman–Crippen MR) is 59.4 cm³/mol. The second-order valence-corrected chi connectivity index (χ2v) is 3.16. The molecule has 0 aromatic heterocycles. The Balaban J connectivity index is 2.80. The van der Waals surface area contributed by atoms with Gasteiger partial charge in [0.05, 0.1) is 11.6 Å². The van der Waals surface area contributed by atoms with Crippen molar-refractivity contribution in [1.82, 2.24) is 0 Å². The molecule has 0 amide bonds. The number of halogens is 1. The molecule has 0 aliphatic rings. The van der Waals surface area contributed by atoms with Crippen LogP contribution in [-0.2, 0) is 0 Å². The van der Waals surface area contributed by atoms with Gasteiger partial charge in [0.1, 0.15) is 0 Å². The van der Waals surface area contributed by atoms with Crippen molar-refractivity contribution in [3.8, 4) is 6.07 Å². The molecule has 0 saturated heterocycles. The van der Waals surface area contributed by atoms with Crippen molar-refractivity contribution in [2.75, 3.05) is 18.5 Å². The molecular formula is C11H11ClN2. The third-order valence-corrected chi connectivity index (χ3v) is 2.06. The molecule has 0 heterocycles. The van der Waals surface area contributed by atoms with Crippen LogP contribution >= 0.6 is 11.6 Å². The summed E-state index contributed by atoms with van der Waals surface area (Å²) in [7, 11) is 1.95. The van der Waals surface area contributed by atoms with E-state index < -0.39 is 0 Å². The van der Waals surface area contributed by atoms with Gasteiger partial charge in [0.2, 0.25) is 0 Å². The van der Waals surface area contributed by atoms with Crippen molar-refractivity contribution < 1.29 is 0 Å². The third-order valence-electron chi connectivity index (χ3n) is 1.88. The van der Waals surface area contributed by atoms with Gasteiger partial charge in [-0.2, -0.15) is 5.26 Å². The van der Waals surface area contributed by atoms with E-state index in [4.69, 9.17) is 16.9 Å². The minimum atomic E-state index is 0.671. The van der Waals surface area contributed by atoms with Crippen LogP contribution in [0.2, 0.25) is 0 Å². The Morgan fingerprint density at radius 2 is 2.36 bits per heavy atom. The summed E-state index contributed by atoms with van der Waals surface area (Å²) in [5, 5.41) is 8.72. The summed E-state index contributed by atoms with van der Waals surface area (Å²) in [4.78, 5) is 2.01. The maximum Gasteiger partial charge on any atom is 0.0992 e. The van der Waals surface area contributed by atoms with E-state index in [0.29, 0.717) is 5.56 Å². The van der Waals surface area contributed by atoms with Gasteiger partial charge in [-0.15, -0.1) is 0 Å². The van der Waals surface area contributed by atoms with Crippen LogP contribution in [0.1, 0.15) is 5.56 Å². The molecular weight excluding hydrogens is 196 g/mol. The molecule has 0 fully saturated rings.